The first-order valence-corrected chi connectivity index (χ1v) is 29.8. The molecular weight excluding hydrogens is 991 g/mol. The van der Waals surface area contributed by atoms with Gasteiger partial charge in [-0.05, 0) is 126 Å². The number of aromatic carboxylic acids is 2. The Morgan fingerprint density at radius 1 is 0.393 bits per heavy atom. The van der Waals surface area contributed by atoms with Crippen molar-refractivity contribution in [1.82, 2.24) is 5.32 Å². The fourth-order valence-corrected chi connectivity index (χ4v) is 26.0. The number of fused-ring (bicyclic) bond motifs is 6. The van der Waals surface area contributed by atoms with E-state index in [2.05, 4.69) is 109 Å². The Morgan fingerprint density at radius 3 is 0.803 bits per heavy atom. The van der Waals surface area contributed by atoms with E-state index in [1.165, 1.54) is 30.7 Å². The smallest absolute Gasteiger partial charge is 0.338 e. The van der Waals surface area contributed by atoms with Gasteiger partial charge in [-0.1, -0.05) is 0 Å². The summed E-state index contributed by atoms with van der Waals surface area (Å²) >= 11 is 21.7. The zero-order valence-corrected chi connectivity index (χ0v) is 46.6. The van der Waals surface area contributed by atoms with Gasteiger partial charge < -0.3 is 15.5 Å². The molecule has 0 saturated heterocycles. The minimum absolute atomic E-state index is 0.0830. The van der Waals surface area contributed by atoms with E-state index in [1.807, 2.05) is 47.0 Å². The van der Waals surface area contributed by atoms with Crippen molar-refractivity contribution in [2.45, 2.75) is 199 Å². The molecule has 61 heavy (non-hydrogen) atoms. The lowest BCUT2D eigenvalue weighted by Gasteiger charge is -2.31. The molecule has 6 heterocycles. The zero-order chi connectivity index (χ0) is 44.5. The number of carbonyl (C=O) groups is 2. The van der Waals surface area contributed by atoms with Gasteiger partial charge in [-0.25, -0.2) is 9.59 Å². The average molecular weight is 1040 g/mol. The molecule has 0 amide bonds. The first kappa shape index (κ1) is 46.9. The van der Waals surface area contributed by atoms with Crippen LogP contribution < -0.4 is 5.32 Å². The molecule has 3 aromatic carbocycles. The van der Waals surface area contributed by atoms with Gasteiger partial charge in [-0.15, -0.1) is 141 Å². The molecule has 1 radical (unpaired) electrons. The molecule has 0 saturated carbocycles. The van der Waals surface area contributed by atoms with Crippen molar-refractivity contribution in [3.63, 3.8) is 0 Å². The summed E-state index contributed by atoms with van der Waals surface area (Å²) in [6.07, 6.45) is 0. The summed E-state index contributed by atoms with van der Waals surface area (Å²) < 4.78 is -1.54. The van der Waals surface area contributed by atoms with E-state index in [4.69, 9.17) is 0 Å². The number of hydrogen-bond acceptors (Lipinski definition) is 15. The highest BCUT2D eigenvalue weighted by molar-refractivity contribution is 8.23. The molecule has 9 rings (SSSR count). The van der Waals surface area contributed by atoms with E-state index < -0.39 is 11.9 Å². The second kappa shape index (κ2) is 15.1. The Kier molecular flexibility index (Phi) is 11.6. The second-order valence-corrected chi connectivity index (χ2v) is 40.7. The number of thioether (sulfide) groups is 12. The fraction of sp³-hybridized carbons (Fsp3) is 0.523. The van der Waals surface area contributed by atoms with E-state index in [9.17, 15) is 19.8 Å². The summed E-state index contributed by atoms with van der Waals surface area (Å²) in [4.78, 5) is 39.9. The molecule has 0 fully saturated rings. The highest BCUT2D eigenvalue weighted by Gasteiger charge is 2.53. The lowest BCUT2D eigenvalue weighted by Crippen LogP contribution is -2.35. The maximum absolute atomic E-state index is 13.6. The molecule has 0 aliphatic carbocycles. The Morgan fingerprint density at radius 2 is 0.590 bits per heavy atom. The highest BCUT2D eigenvalue weighted by Crippen LogP contribution is 2.74. The second-order valence-electron chi connectivity index (χ2n) is 19.5. The van der Waals surface area contributed by atoms with Crippen molar-refractivity contribution in [2.75, 3.05) is 0 Å². The Bertz CT molecular complexity index is 2270. The average Bonchev–Trinajstić information content (AvgIpc) is 3.88. The molecule has 5 nitrogen and oxygen atoms in total. The van der Waals surface area contributed by atoms with E-state index in [1.54, 1.807) is 94.1 Å². The first-order valence-electron chi connectivity index (χ1n) is 20.0. The van der Waals surface area contributed by atoms with E-state index in [-0.39, 0.29) is 30.0 Å². The van der Waals surface area contributed by atoms with E-state index in [0.717, 1.165) is 62.8 Å². The van der Waals surface area contributed by atoms with Gasteiger partial charge in [0.15, 0.2) is 0 Å². The Balaban J connectivity index is 1.50. The third-order valence-corrected chi connectivity index (χ3v) is 27.3. The molecular formula is C44H50NO4S12. The molecule has 6 aliphatic rings. The summed E-state index contributed by atoms with van der Waals surface area (Å²) in [6, 6.07) is 0. The largest absolute Gasteiger partial charge is 0.478 e. The van der Waals surface area contributed by atoms with Crippen molar-refractivity contribution in [3.8, 4) is 0 Å². The van der Waals surface area contributed by atoms with Crippen LogP contribution in [0.15, 0.2) is 58.7 Å². The summed E-state index contributed by atoms with van der Waals surface area (Å²) in [6.45, 7) is 34.5. The van der Waals surface area contributed by atoms with Crippen LogP contribution in [0.2, 0.25) is 0 Å². The van der Waals surface area contributed by atoms with Crippen LogP contribution in [0.25, 0.3) is 0 Å². The zero-order valence-electron chi connectivity index (χ0n) is 36.8. The predicted molar refractivity (Wildman–Crippen MR) is 275 cm³/mol. The molecule has 0 bridgehead atoms. The maximum Gasteiger partial charge on any atom is 0.338 e. The lowest BCUT2D eigenvalue weighted by atomic mass is 9.83. The Labute approximate surface area is 412 Å². The van der Waals surface area contributed by atoms with Crippen LogP contribution in [0, 0.1) is 5.92 Å². The van der Waals surface area contributed by atoms with Gasteiger partial charge in [0.2, 0.25) is 0 Å². The third kappa shape index (κ3) is 8.32. The molecule has 6 aliphatic heterocycles. The number of nitrogens with one attached hydrogen (secondary N) is 1. The van der Waals surface area contributed by atoms with Gasteiger partial charge in [0.1, 0.15) is 0 Å². The topological polar surface area (TPSA) is 86.6 Å². The van der Waals surface area contributed by atoms with Gasteiger partial charge in [-0.2, -0.15) is 0 Å². The van der Waals surface area contributed by atoms with Crippen molar-refractivity contribution >= 4 is 153 Å². The van der Waals surface area contributed by atoms with E-state index >= 15 is 0 Å². The number of carboxylic acids is 2. The number of rotatable bonds is 7. The molecule has 0 spiro atoms. The fourth-order valence-electron chi connectivity index (χ4n) is 8.25. The quantitative estimate of drug-likeness (QED) is 0.196. The van der Waals surface area contributed by atoms with Gasteiger partial charge in [0, 0.05) is 70.8 Å². The van der Waals surface area contributed by atoms with Crippen LogP contribution in [0.4, 0.5) is 0 Å². The first-order chi connectivity index (χ1) is 27.9. The van der Waals surface area contributed by atoms with Gasteiger partial charge in [-0.3, -0.25) is 0 Å². The molecule has 3 aromatic rings. The molecule has 3 N–H and O–H groups in total. The highest BCUT2D eigenvalue weighted by atomic mass is 32.2. The van der Waals surface area contributed by atoms with Crippen molar-refractivity contribution < 1.29 is 19.8 Å². The summed E-state index contributed by atoms with van der Waals surface area (Å²) in [5.74, 6) is -0.624. The van der Waals surface area contributed by atoms with Gasteiger partial charge in [0.25, 0.3) is 0 Å². The van der Waals surface area contributed by atoms with E-state index in [0.29, 0.717) is 11.1 Å². The minimum Gasteiger partial charge on any atom is -0.478 e. The summed E-state index contributed by atoms with van der Waals surface area (Å²) in [5, 5.41) is 26.2. The number of carboxylic acid groups (broad SMARTS) is 2. The van der Waals surface area contributed by atoms with Gasteiger partial charge >= 0.3 is 11.9 Å². The van der Waals surface area contributed by atoms with Crippen LogP contribution in [-0.2, 0) is 6.54 Å². The number of hydrogen-bond donors (Lipinski definition) is 3. The van der Waals surface area contributed by atoms with Crippen molar-refractivity contribution in [3.05, 3.63) is 39.3 Å². The molecule has 0 unspecified atom stereocenters. The van der Waals surface area contributed by atoms with Gasteiger partial charge in [0.05, 0.1) is 41.5 Å². The SMILES string of the molecule is CC(C)(C)NCc1c2c(c([C](c3c4c(c(C(=O)O)c5c3SC(C)(C)S5)SC(C)(C)S4)c3c4c(c(C(=O)O)c5c3SC(C)(C)S5)SC(C)(C)S4)c3c1SC(C)(C)S3)SC(C)(C)S2. The monoisotopic (exact) mass is 1040 g/mol. The van der Waals surface area contributed by atoms with Crippen molar-refractivity contribution in [1.29, 1.82) is 0 Å². The molecule has 0 aromatic heterocycles. The van der Waals surface area contributed by atoms with Crippen LogP contribution in [0.3, 0.4) is 0 Å². The summed E-state index contributed by atoms with van der Waals surface area (Å²) in [5.41, 5.74) is 5.59. The van der Waals surface area contributed by atoms with Crippen molar-refractivity contribution in [2.24, 2.45) is 0 Å². The minimum atomic E-state index is -0.882. The molecule has 0 atom stereocenters. The Hall–Kier alpha value is 0.760. The third-order valence-electron chi connectivity index (χ3n) is 10.2. The molecule has 17 heteroatoms. The standard InChI is InChI=1S/C44H50NO4S12/c1-38(2,3)45-16-17-24-26(52-39(4,5)50-24)19(27-25(17)51-40(6,7)53-27)18(20-28-32(58-41(8,9)54-28)22(36(46)47)33-29(20)55-42(10,11)59-33)21-30-34(60-43(12,13)56-30)23(37(48)49)35-31(21)57-44(14,15)61-35/h45H,16H2,1-15H3,(H,46,47)(H,48,49). The summed E-state index contributed by atoms with van der Waals surface area (Å²) in [7, 11) is 0. The molecule has 327 valence electrons. The predicted octanol–water partition coefficient (Wildman–Crippen LogP) is 16.6. The lowest BCUT2D eigenvalue weighted by molar-refractivity contribution is 0.0677. The van der Waals surface area contributed by atoms with Crippen LogP contribution in [0.1, 0.15) is 147 Å². The maximum atomic E-state index is 13.6. The van der Waals surface area contributed by atoms with Crippen LogP contribution >= 0.6 is 141 Å². The number of benzene rings is 3. The van der Waals surface area contributed by atoms with Crippen LogP contribution in [-0.4, -0.2) is 52.2 Å². The van der Waals surface area contributed by atoms with Crippen LogP contribution in [0.5, 0.6) is 0 Å². The normalized spacial score (nSPS) is 22.6.